The van der Waals surface area contributed by atoms with Gasteiger partial charge in [-0.3, -0.25) is 4.79 Å². The van der Waals surface area contributed by atoms with Crippen molar-refractivity contribution in [3.8, 4) is 0 Å². The number of nitrogens with one attached hydrogen (secondary N) is 1. The van der Waals surface area contributed by atoms with Crippen LogP contribution in [0.2, 0.25) is 0 Å². The fourth-order valence-corrected chi connectivity index (χ4v) is 2.49. The molecule has 2 atom stereocenters. The predicted octanol–water partition coefficient (Wildman–Crippen LogP) is 2.57. The first-order valence-electron chi connectivity index (χ1n) is 6.37. The lowest BCUT2D eigenvalue weighted by Crippen LogP contribution is -2.39. The van der Waals surface area contributed by atoms with Crippen molar-refractivity contribution in [2.45, 2.75) is 18.5 Å². The Morgan fingerprint density at radius 3 is 2.45 bits per heavy atom. The highest BCUT2D eigenvalue weighted by molar-refractivity contribution is 5.72. The lowest BCUT2D eigenvalue weighted by Gasteiger charge is -2.28. The Hall–Kier alpha value is -1.56. The van der Waals surface area contributed by atoms with Crippen LogP contribution in [0.25, 0.3) is 0 Å². The average molecular weight is 287 g/mol. The zero-order valence-corrected chi connectivity index (χ0v) is 11.0. The number of alkyl halides is 3. The van der Waals surface area contributed by atoms with Crippen molar-refractivity contribution in [2.75, 3.05) is 20.2 Å². The topological polar surface area (TPSA) is 38.3 Å². The van der Waals surface area contributed by atoms with Gasteiger partial charge in [0.05, 0.1) is 18.6 Å². The smallest absolute Gasteiger partial charge is 0.416 e. The van der Waals surface area contributed by atoms with E-state index >= 15 is 0 Å². The molecule has 20 heavy (non-hydrogen) atoms. The number of benzene rings is 1. The van der Waals surface area contributed by atoms with Gasteiger partial charge in [0.15, 0.2) is 0 Å². The van der Waals surface area contributed by atoms with Crippen LogP contribution in [0.1, 0.15) is 23.5 Å². The van der Waals surface area contributed by atoms with E-state index < -0.39 is 11.7 Å². The summed E-state index contributed by atoms with van der Waals surface area (Å²) >= 11 is 0. The maximum atomic E-state index is 12.5. The molecule has 1 aromatic carbocycles. The van der Waals surface area contributed by atoms with Crippen molar-refractivity contribution in [2.24, 2.45) is 5.92 Å². The zero-order valence-electron chi connectivity index (χ0n) is 11.0. The van der Waals surface area contributed by atoms with E-state index in [-0.39, 0.29) is 17.8 Å². The second-order valence-electron chi connectivity index (χ2n) is 4.93. The monoisotopic (exact) mass is 287 g/mol. The minimum absolute atomic E-state index is 0.0233. The Morgan fingerprint density at radius 2 is 1.90 bits per heavy atom. The van der Waals surface area contributed by atoms with Crippen LogP contribution in [0, 0.1) is 5.92 Å². The number of halogens is 3. The fourth-order valence-electron chi connectivity index (χ4n) is 2.49. The number of ether oxygens (including phenoxy) is 1. The molecule has 1 saturated heterocycles. The Balaban J connectivity index is 2.09. The van der Waals surface area contributed by atoms with Crippen molar-refractivity contribution in [1.29, 1.82) is 0 Å². The maximum absolute atomic E-state index is 12.5. The molecule has 6 heteroatoms. The van der Waals surface area contributed by atoms with E-state index in [1.54, 1.807) is 0 Å². The van der Waals surface area contributed by atoms with Gasteiger partial charge in [0.25, 0.3) is 0 Å². The van der Waals surface area contributed by atoms with Crippen molar-refractivity contribution in [3.05, 3.63) is 35.4 Å². The number of hydrogen-bond acceptors (Lipinski definition) is 3. The van der Waals surface area contributed by atoms with Gasteiger partial charge in [0.1, 0.15) is 0 Å². The molecule has 0 bridgehead atoms. The first-order valence-corrected chi connectivity index (χ1v) is 6.37. The van der Waals surface area contributed by atoms with Gasteiger partial charge in [-0.25, -0.2) is 0 Å². The first kappa shape index (κ1) is 14.8. The summed E-state index contributed by atoms with van der Waals surface area (Å²) in [7, 11) is 1.34. The SMILES string of the molecule is COC(=O)C1CNCC(c2ccc(C(F)(F)F)cc2)C1. The quantitative estimate of drug-likeness (QED) is 0.850. The van der Waals surface area contributed by atoms with E-state index in [1.165, 1.54) is 19.2 Å². The molecule has 1 fully saturated rings. The summed E-state index contributed by atoms with van der Waals surface area (Å²) in [6.07, 6.45) is -3.73. The molecule has 1 aliphatic rings. The molecule has 110 valence electrons. The zero-order chi connectivity index (χ0) is 14.8. The Morgan fingerprint density at radius 1 is 1.25 bits per heavy atom. The van der Waals surface area contributed by atoms with Gasteiger partial charge in [-0.05, 0) is 30.0 Å². The third-order valence-electron chi connectivity index (χ3n) is 3.59. The molecule has 0 radical (unpaired) electrons. The summed E-state index contributed by atoms with van der Waals surface area (Å²) in [5.41, 5.74) is 0.147. The van der Waals surface area contributed by atoms with Gasteiger partial charge in [0, 0.05) is 13.1 Å². The third-order valence-corrected chi connectivity index (χ3v) is 3.59. The predicted molar refractivity (Wildman–Crippen MR) is 67.2 cm³/mol. The average Bonchev–Trinajstić information content (AvgIpc) is 2.46. The van der Waals surface area contributed by atoms with Crippen molar-refractivity contribution in [3.63, 3.8) is 0 Å². The standard InChI is InChI=1S/C14H16F3NO2/c1-20-13(19)11-6-10(7-18-8-11)9-2-4-12(5-3-9)14(15,16)17/h2-5,10-11,18H,6-8H2,1H3. The lowest BCUT2D eigenvalue weighted by atomic mass is 9.85. The van der Waals surface area contributed by atoms with E-state index in [9.17, 15) is 18.0 Å². The number of rotatable bonds is 2. The summed E-state index contributed by atoms with van der Waals surface area (Å²) in [5, 5.41) is 3.12. The van der Waals surface area contributed by atoms with Crippen LogP contribution in [0.3, 0.4) is 0 Å². The van der Waals surface area contributed by atoms with Gasteiger partial charge in [-0.15, -0.1) is 0 Å². The van der Waals surface area contributed by atoms with Crippen LogP contribution >= 0.6 is 0 Å². The summed E-state index contributed by atoms with van der Waals surface area (Å²) in [6, 6.07) is 5.12. The van der Waals surface area contributed by atoms with Crippen molar-refractivity contribution in [1.82, 2.24) is 5.32 Å². The number of esters is 1. The van der Waals surface area contributed by atoms with E-state index in [0.29, 0.717) is 19.5 Å². The van der Waals surface area contributed by atoms with Crippen LogP contribution in [0.15, 0.2) is 24.3 Å². The fraction of sp³-hybridized carbons (Fsp3) is 0.500. The minimum atomic E-state index is -4.32. The molecule has 1 aliphatic heterocycles. The molecule has 1 N–H and O–H groups in total. The number of carbonyl (C=O) groups is 1. The second kappa shape index (κ2) is 5.83. The normalized spacial score (nSPS) is 23.4. The largest absolute Gasteiger partial charge is 0.469 e. The van der Waals surface area contributed by atoms with E-state index in [1.807, 2.05) is 0 Å². The van der Waals surface area contributed by atoms with Crippen LogP contribution in [0.5, 0.6) is 0 Å². The second-order valence-corrected chi connectivity index (χ2v) is 4.93. The molecule has 1 heterocycles. The van der Waals surface area contributed by atoms with E-state index in [2.05, 4.69) is 5.32 Å². The number of carbonyl (C=O) groups excluding carboxylic acids is 1. The molecule has 3 nitrogen and oxygen atoms in total. The Kier molecular flexibility index (Phi) is 4.32. The molecule has 0 amide bonds. The Labute approximate surface area is 115 Å². The number of piperidine rings is 1. The number of hydrogen-bond donors (Lipinski definition) is 1. The molecule has 2 unspecified atom stereocenters. The third kappa shape index (κ3) is 3.30. The summed E-state index contributed by atoms with van der Waals surface area (Å²) in [6.45, 7) is 1.20. The highest BCUT2D eigenvalue weighted by Crippen LogP contribution is 2.32. The van der Waals surface area contributed by atoms with Crippen LogP contribution < -0.4 is 5.32 Å². The molecular weight excluding hydrogens is 271 g/mol. The molecule has 0 aromatic heterocycles. The van der Waals surface area contributed by atoms with Gasteiger partial charge in [-0.2, -0.15) is 13.2 Å². The first-order chi connectivity index (χ1) is 9.41. The summed E-state index contributed by atoms with van der Waals surface area (Å²) in [5.74, 6) is -0.509. The van der Waals surface area contributed by atoms with Gasteiger partial charge >= 0.3 is 12.1 Å². The van der Waals surface area contributed by atoms with E-state index in [0.717, 1.165) is 17.7 Å². The van der Waals surface area contributed by atoms with Crippen molar-refractivity contribution < 1.29 is 22.7 Å². The van der Waals surface area contributed by atoms with Gasteiger partial charge in [0.2, 0.25) is 0 Å². The molecule has 1 aromatic rings. The molecule has 0 spiro atoms. The van der Waals surface area contributed by atoms with Crippen LogP contribution in [0.4, 0.5) is 13.2 Å². The van der Waals surface area contributed by atoms with Crippen LogP contribution in [-0.2, 0) is 15.7 Å². The molecule has 2 rings (SSSR count). The number of methoxy groups -OCH3 is 1. The summed E-state index contributed by atoms with van der Waals surface area (Å²) < 4.78 is 42.2. The highest BCUT2D eigenvalue weighted by Gasteiger charge is 2.31. The molecular formula is C14H16F3NO2. The highest BCUT2D eigenvalue weighted by atomic mass is 19.4. The van der Waals surface area contributed by atoms with E-state index in [4.69, 9.17) is 4.74 Å². The van der Waals surface area contributed by atoms with Gasteiger partial charge in [-0.1, -0.05) is 12.1 Å². The van der Waals surface area contributed by atoms with Crippen LogP contribution in [-0.4, -0.2) is 26.2 Å². The lowest BCUT2D eigenvalue weighted by molar-refractivity contribution is -0.146. The molecule has 0 aliphatic carbocycles. The van der Waals surface area contributed by atoms with Crippen molar-refractivity contribution >= 4 is 5.97 Å². The van der Waals surface area contributed by atoms with Gasteiger partial charge < -0.3 is 10.1 Å². The summed E-state index contributed by atoms with van der Waals surface area (Å²) in [4.78, 5) is 11.5. The maximum Gasteiger partial charge on any atom is 0.416 e. The molecule has 0 saturated carbocycles. The minimum Gasteiger partial charge on any atom is -0.469 e. The Bertz CT molecular complexity index is 470.